The van der Waals surface area contributed by atoms with E-state index in [1.54, 1.807) is 12.3 Å². The van der Waals surface area contributed by atoms with Gasteiger partial charge in [-0.05, 0) is 35.8 Å². The van der Waals surface area contributed by atoms with E-state index in [4.69, 9.17) is 4.74 Å². The molecule has 4 heteroatoms. The highest BCUT2D eigenvalue weighted by atomic mass is 79.9. The van der Waals surface area contributed by atoms with Gasteiger partial charge in [0.25, 0.3) is 0 Å². The number of hydrogen-bond donors (Lipinski definition) is 0. The Morgan fingerprint density at radius 2 is 2.31 bits per heavy atom. The number of rotatable bonds is 2. The van der Waals surface area contributed by atoms with Crippen molar-refractivity contribution in [1.82, 2.24) is 4.98 Å². The van der Waals surface area contributed by atoms with E-state index in [2.05, 4.69) is 20.9 Å². The van der Waals surface area contributed by atoms with Crippen molar-refractivity contribution in [3.63, 3.8) is 0 Å². The first-order chi connectivity index (χ1) is 6.11. The summed E-state index contributed by atoms with van der Waals surface area (Å²) in [7, 11) is 0. The van der Waals surface area contributed by atoms with Crippen molar-refractivity contribution < 1.29 is 9.53 Å². The van der Waals surface area contributed by atoms with Crippen LogP contribution in [-0.2, 0) is 4.74 Å². The average Bonchev–Trinajstić information content (AvgIpc) is 2.03. The molecule has 0 spiro atoms. The molecule has 0 saturated heterocycles. The highest BCUT2D eigenvalue weighted by Crippen LogP contribution is 2.15. The molecular weight excluding hydrogens is 234 g/mol. The van der Waals surface area contributed by atoms with E-state index in [9.17, 15) is 4.79 Å². The van der Waals surface area contributed by atoms with Crippen LogP contribution in [0.25, 0.3) is 0 Å². The Morgan fingerprint density at radius 1 is 1.62 bits per heavy atom. The first kappa shape index (κ1) is 10.2. The van der Waals surface area contributed by atoms with E-state index < -0.39 is 0 Å². The van der Waals surface area contributed by atoms with Gasteiger partial charge >= 0.3 is 5.97 Å². The molecule has 0 radical (unpaired) electrons. The number of esters is 1. The lowest BCUT2D eigenvalue weighted by molar-refractivity contribution is 0.0376. The predicted octanol–water partition coefficient (Wildman–Crippen LogP) is 2.41. The Hall–Kier alpha value is -0.900. The van der Waals surface area contributed by atoms with E-state index >= 15 is 0 Å². The van der Waals surface area contributed by atoms with Crippen LogP contribution in [0.1, 0.15) is 24.2 Å². The Balaban J connectivity index is 2.83. The molecule has 0 aliphatic carbocycles. The minimum Gasteiger partial charge on any atom is -0.459 e. The standard InChI is InChI=1S/C9H10BrNO2/c1-6(2)13-9(12)7-5-11-4-3-8(7)10/h3-6H,1-2H3. The molecule has 0 aromatic carbocycles. The number of carbonyl (C=O) groups is 1. The lowest BCUT2D eigenvalue weighted by Gasteiger charge is -2.07. The summed E-state index contributed by atoms with van der Waals surface area (Å²) in [6.45, 7) is 3.62. The molecule has 0 N–H and O–H groups in total. The third kappa shape index (κ3) is 2.81. The van der Waals surface area contributed by atoms with Gasteiger partial charge in [0.2, 0.25) is 0 Å². The van der Waals surface area contributed by atoms with Gasteiger partial charge in [-0.3, -0.25) is 4.98 Å². The molecule has 1 aromatic rings. The van der Waals surface area contributed by atoms with Crippen molar-refractivity contribution in [2.24, 2.45) is 0 Å². The van der Waals surface area contributed by atoms with Gasteiger partial charge in [0.05, 0.1) is 11.7 Å². The average molecular weight is 244 g/mol. The van der Waals surface area contributed by atoms with Crippen LogP contribution in [0.3, 0.4) is 0 Å². The molecule has 0 amide bonds. The number of hydrogen-bond acceptors (Lipinski definition) is 3. The molecule has 1 aromatic heterocycles. The zero-order valence-electron chi connectivity index (χ0n) is 7.45. The molecule has 0 aliphatic rings. The van der Waals surface area contributed by atoms with Crippen LogP contribution in [0.4, 0.5) is 0 Å². The second-order valence-corrected chi connectivity index (χ2v) is 3.66. The maximum absolute atomic E-state index is 11.4. The third-order valence-electron chi connectivity index (χ3n) is 1.33. The largest absolute Gasteiger partial charge is 0.459 e. The van der Waals surface area contributed by atoms with Crippen molar-refractivity contribution in [1.29, 1.82) is 0 Å². The second-order valence-electron chi connectivity index (χ2n) is 2.81. The number of carbonyl (C=O) groups excluding carboxylic acids is 1. The quantitative estimate of drug-likeness (QED) is 0.750. The van der Waals surface area contributed by atoms with Gasteiger partial charge in [0.15, 0.2) is 0 Å². The number of ether oxygens (including phenoxy) is 1. The monoisotopic (exact) mass is 243 g/mol. The maximum Gasteiger partial charge on any atom is 0.341 e. The zero-order valence-corrected chi connectivity index (χ0v) is 9.04. The molecule has 13 heavy (non-hydrogen) atoms. The van der Waals surface area contributed by atoms with E-state index in [-0.39, 0.29) is 12.1 Å². The Kier molecular flexibility index (Phi) is 3.42. The van der Waals surface area contributed by atoms with E-state index in [1.165, 1.54) is 6.20 Å². The Bertz CT molecular complexity index is 312. The Labute approximate surface area is 85.3 Å². The normalized spacial score (nSPS) is 10.2. The molecule has 0 saturated carbocycles. The van der Waals surface area contributed by atoms with Crippen LogP contribution >= 0.6 is 15.9 Å². The summed E-state index contributed by atoms with van der Waals surface area (Å²) in [5.41, 5.74) is 0.455. The van der Waals surface area contributed by atoms with Crippen LogP contribution in [-0.4, -0.2) is 17.1 Å². The third-order valence-corrected chi connectivity index (χ3v) is 2.02. The number of pyridine rings is 1. The van der Waals surface area contributed by atoms with Gasteiger partial charge < -0.3 is 4.74 Å². The summed E-state index contributed by atoms with van der Waals surface area (Å²) >= 11 is 3.25. The zero-order chi connectivity index (χ0) is 9.84. The minimum absolute atomic E-state index is 0.111. The summed E-state index contributed by atoms with van der Waals surface area (Å²) in [5.74, 6) is -0.352. The van der Waals surface area contributed by atoms with Crippen LogP contribution in [0.2, 0.25) is 0 Å². The van der Waals surface area contributed by atoms with E-state index in [1.807, 2.05) is 13.8 Å². The van der Waals surface area contributed by atoms with Gasteiger partial charge in [0, 0.05) is 16.9 Å². The molecule has 1 heterocycles. The van der Waals surface area contributed by atoms with Crippen LogP contribution in [0, 0.1) is 0 Å². The van der Waals surface area contributed by atoms with Crippen molar-refractivity contribution in [2.45, 2.75) is 20.0 Å². The summed E-state index contributed by atoms with van der Waals surface area (Å²) in [6.07, 6.45) is 2.98. The molecule has 0 unspecified atom stereocenters. The van der Waals surface area contributed by atoms with Gasteiger partial charge in [-0.2, -0.15) is 0 Å². The molecule has 0 atom stereocenters. The topological polar surface area (TPSA) is 39.2 Å². The SMILES string of the molecule is CC(C)OC(=O)c1cnccc1Br. The molecular formula is C9H10BrNO2. The lowest BCUT2D eigenvalue weighted by atomic mass is 10.3. The van der Waals surface area contributed by atoms with Crippen molar-refractivity contribution in [3.8, 4) is 0 Å². The number of aromatic nitrogens is 1. The molecule has 0 bridgehead atoms. The van der Waals surface area contributed by atoms with Crippen LogP contribution in [0.15, 0.2) is 22.9 Å². The van der Waals surface area contributed by atoms with Crippen molar-refractivity contribution in [3.05, 3.63) is 28.5 Å². The van der Waals surface area contributed by atoms with E-state index in [0.29, 0.717) is 10.0 Å². The highest BCUT2D eigenvalue weighted by Gasteiger charge is 2.12. The fourth-order valence-corrected chi connectivity index (χ4v) is 1.19. The summed E-state index contributed by atoms with van der Waals surface area (Å²) in [6, 6.07) is 1.71. The lowest BCUT2D eigenvalue weighted by Crippen LogP contribution is -2.12. The Morgan fingerprint density at radius 3 is 2.85 bits per heavy atom. The summed E-state index contributed by atoms with van der Waals surface area (Å²) in [5, 5.41) is 0. The summed E-state index contributed by atoms with van der Waals surface area (Å²) in [4.78, 5) is 15.2. The minimum atomic E-state index is -0.352. The summed E-state index contributed by atoms with van der Waals surface area (Å²) < 4.78 is 5.71. The van der Waals surface area contributed by atoms with Crippen LogP contribution < -0.4 is 0 Å². The molecule has 0 aliphatic heterocycles. The number of halogens is 1. The van der Waals surface area contributed by atoms with Gasteiger partial charge in [-0.1, -0.05) is 0 Å². The highest BCUT2D eigenvalue weighted by molar-refractivity contribution is 9.10. The van der Waals surface area contributed by atoms with Crippen molar-refractivity contribution in [2.75, 3.05) is 0 Å². The smallest absolute Gasteiger partial charge is 0.341 e. The van der Waals surface area contributed by atoms with Crippen molar-refractivity contribution >= 4 is 21.9 Å². The van der Waals surface area contributed by atoms with Crippen LogP contribution in [0.5, 0.6) is 0 Å². The number of nitrogens with zero attached hydrogens (tertiary/aromatic N) is 1. The molecule has 0 fully saturated rings. The first-order valence-corrected chi connectivity index (χ1v) is 4.71. The van der Waals surface area contributed by atoms with Gasteiger partial charge in [0.1, 0.15) is 0 Å². The second kappa shape index (κ2) is 4.37. The maximum atomic E-state index is 11.4. The molecule has 3 nitrogen and oxygen atoms in total. The van der Waals surface area contributed by atoms with E-state index in [0.717, 1.165) is 0 Å². The molecule has 70 valence electrons. The molecule has 1 rings (SSSR count). The van der Waals surface area contributed by atoms with Gasteiger partial charge in [-0.15, -0.1) is 0 Å². The fraction of sp³-hybridized carbons (Fsp3) is 0.333. The first-order valence-electron chi connectivity index (χ1n) is 3.91. The van der Waals surface area contributed by atoms with Gasteiger partial charge in [-0.25, -0.2) is 4.79 Å². The fourth-order valence-electron chi connectivity index (χ4n) is 0.805. The predicted molar refractivity (Wildman–Crippen MR) is 52.5 cm³/mol.